The average Bonchev–Trinajstić information content (AvgIpc) is 2.55. The lowest BCUT2D eigenvalue weighted by molar-refractivity contribution is 0.0600. The van der Waals surface area contributed by atoms with Gasteiger partial charge in [-0.2, -0.15) is 0 Å². The number of ether oxygens (including phenoxy) is 3. The van der Waals surface area contributed by atoms with Crippen LogP contribution in [0.3, 0.4) is 0 Å². The van der Waals surface area contributed by atoms with Crippen LogP contribution in [0.2, 0.25) is 0 Å². The number of hydrogen-bond donors (Lipinski definition) is 0. The molecule has 2 aromatic carbocycles. The Morgan fingerprint density at radius 3 is 2.29 bits per heavy atom. The van der Waals surface area contributed by atoms with Crippen molar-refractivity contribution in [1.82, 2.24) is 0 Å². The van der Waals surface area contributed by atoms with Crippen LogP contribution in [0.25, 0.3) is 0 Å². The van der Waals surface area contributed by atoms with E-state index in [4.69, 9.17) is 9.47 Å². The maximum absolute atomic E-state index is 11.3. The molecule has 0 unspecified atom stereocenters. The Hall–Kier alpha value is -2.82. The standard InChI is InChI=1S/C16H14O5/c1-19-15-9-11(10-17)3-8-14(15)21-13-6-4-12(5-7-13)16(18)20-2/h3-10H,1-2H3. The highest BCUT2D eigenvalue weighted by molar-refractivity contribution is 5.89. The highest BCUT2D eigenvalue weighted by atomic mass is 16.5. The molecule has 2 aromatic rings. The fraction of sp³-hybridized carbons (Fsp3) is 0.125. The first-order valence-corrected chi connectivity index (χ1v) is 6.17. The van der Waals surface area contributed by atoms with E-state index in [1.807, 2.05) is 0 Å². The Balaban J connectivity index is 2.21. The Morgan fingerprint density at radius 2 is 1.71 bits per heavy atom. The Labute approximate surface area is 122 Å². The molecule has 0 aliphatic rings. The fourth-order valence-corrected chi connectivity index (χ4v) is 1.75. The molecule has 0 bridgehead atoms. The quantitative estimate of drug-likeness (QED) is 0.624. The lowest BCUT2D eigenvalue weighted by Crippen LogP contribution is -2.00. The van der Waals surface area contributed by atoms with Gasteiger partial charge >= 0.3 is 5.97 Å². The van der Waals surface area contributed by atoms with Crippen molar-refractivity contribution in [3.63, 3.8) is 0 Å². The summed E-state index contributed by atoms with van der Waals surface area (Å²) in [6.45, 7) is 0. The van der Waals surface area contributed by atoms with Gasteiger partial charge in [-0.3, -0.25) is 4.79 Å². The van der Waals surface area contributed by atoms with E-state index in [0.29, 0.717) is 28.4 Å². The van der Waals surface area contributed by atoms with Crippen molar-refractivity contribution in [1.29, 1.82) is 0 Å². The zero-order valence-corrected chi connectivity index (χ0v) is 11.7. The molecular weight excluding hydrogens is 272 g/mol. The van der Waals surface area contributed by atoms with Crippen LogP contribution in [0.15, 0.2) is 42.5 Å². The van der Waals surface area contributed by atoms with Gasteiger partial charge in [0.2, 0.25) is 0 Å². The number of hydrogen-bond acceptors (Lipinski definition) is 5. The zero-order chi connectivity index (χ0) is 15.2. The monoisotopic (exact) mass is 286 g/mol. The number of esters is 1. The summed E-state index contributed by atoms with van der Waals surface area (Å²) in [6.07, 6.45) is 0.734. The Bertz CT molecular complexity index is 646. The second-order valence-corrected chi connectivity index (χ2v) is 4.15. The first-order chi connectivity index (χ1) is 10.2. The predicted octanol–water partition coefficient (Wildman–Crippen LogP) is 3.09. The lowest BCUT2D eigenvalue weighted by Gasteiger charge is -2.11. The van der Waals surface area contributed by atoms with Crippen molar-refractivity contribution in [2.75, 3.05) is 14.2 Å². The molecule has 0 heterocycles. The van der Waals surface area contributed by atoms with Crippen molar-refractivity contribution >= 4 is 12.3 Å². The molecule has 0 saturated heterocycles. The second-order valence-electron chi connectivity index (χ2n) is 4.15. The third-order valence-electron chi connectivity index (χ3n) is 2.83. The minimum Gasteiger partial charge on any atom is -0.493 e. The minimum atomic E-state index is -0.408. The van der Waals surface area contributed by atoms with E-state index in [2.05, 4.69) is 4.74 Å². The van der Waals surface area contributed by atoms with Gasteiger partial charge in [0.25, 0.3) is 0 Å². The molecule has 0 amide bonds. The summed E-state index contributed by atoms with van der Waals surface area (Å²) in [5.74, 6) is 1.07. The summed E-state index contributed by atoms with van der Waals surface area (Å²) in [5, 5.41) is 0. The van der Waals surface area contributed by atoms with Gasteiger partial charge in [-0.05, 0) is 42.5 Å². The van der Waals surface area contributed by atoms with E-state index in [1.165, 1.54) is 14.2 Å². The first kappa shape index (κ1) is 14.6. The van der Waals surface area contributed by atoms with Gasteiger partial charge < -0.3 is 14.2 Å². The maximum Gasteiger partial charge on any atom is 0.337 e. The van der Waals surface area contributed by atoms with E-state index in [1.54, 1.807) is 42.5 Å². The molecular formula is C16H14O5. The van der Waals surface area contributed by atoms with Crippen molar-refractivity contribution in [2.45, 2.75) is 0 Å². The van der Waals surface area contributed by atoms with Gasteiger partial charge in [0.15, 0.2) is 11.5 Å². The van der Waals surface area contributed by atoms with Crippen LogP contribution >= 0.6 is 0 Å². The van der Waals surface area contributed by atoms with Crippen LogP contribution < -0.4 is 9.47 Å². The molecule has 5 nitrogen and oxygen atoms in total. The molecule has 21 heavy (non-hydrogen) atoms. The average molecular weight is 286 g/mol. The van der Waals surface area contributed by atoms with Crippen LogP contribution in [-0.2, 0) is 4.74 Å². The summed E-state index contributed by atoms with van der Waals surface area (Å²) in [5.41, 5.74) is 0.938. The minimum absolute atomic E-state index is 0.408. The third-order valence-corrected chi connectivity index (χ3v) is 2.83. The van der Waals surface area contributed by atoms with E-state index in [0.717, 1.165) is 6.29 Å². The highest BCUT2D eigenvalue weighted by Gasteiger charge is 2.08. The summed E-state index contributed by atoms with van der Waals surface area (Å²) in [6, 6.07) is 11.4. The van der Waals surface area contributed by atoms with Gasteiger partial charge in [0.05, 0.1) is 19.8 Å². The zero-order valence-electron chi connectivity index (χ0n) is 11.7. The van der Waals surface area contributed by atoms with E-state index >= 15 is 0 Å². The molecule has 0 spiro atoms. The molecule has 108 valence electrons. The van der Waals surface area contributed by atoms with Crippen LogP contribution in [0, 0.1) is 0 Å². The summed E-state index contributed by atoms with van der Waals surface area (Å²) in [4.78, 5) is 22.1. The maximum atomic E-state index is 11.3. The number of carbonyl (C=O) groups is 2. The van der Waals surface area contributed by atoms with Crippen LogP contribution in [0.4, 0.5) is 0 Å². The van der Waals surface area contributed by atoms with Crippen LogP contribution in [0.5, 0.6) is 17.2 Å². The Morgan fingerprint density at radius 1 is 1.00 bits per heavy atom. The molecule has 0 aromatic heterocycles. The van der Waals surface area contributed by atoms with Gasteiger partial charge in [-0.25, -0.2) is 4.79 Å². The van der Waals surface area contributed by atoms with Crippen LogP contribution in [-0.4, -0.2) is 26.5 Å². The molecule has 5 heteroatoms. The van der Waals surface area contributed by atoms with E-state index in [9.17, 15) is 9.59 Å². The third kappa shape index (κ3) is 3.39. The molecule has 2 rings (SSSR count). The van der Waals surface area contributed by atoms with Crippen molar-refractivity contribution in [2.24, 2.45) is 0 Å². The predicted molar refractivity (Wildman–Crippen MR) is 76.2 cm³/mol. The number of methoxy groups -OCH3 is 2. The molecule has 0 radical (unpaired) electrons. The first-order valence-electron chi connectivity index (χ1n) is 6.17. The van der Waals surface area contributed by atoms with Crippen LogP contribution in [0.1, 0.15) is 20.7 Å². The molecule has 0 atom stereocenters. The van der Waals surface area contributed by atoms with Gasteiger partial charge in [0, 0.05) is 5.56 Å². The van der Waals surface area contributed by atoms with E-state index in [-0.39, 0.29) is 0 Å². The summed E-state index contributed by atoms with van der Waals surface area (Å²) >= 11 is 0. The van der Waals surface area contributed by atoms with Crippen molar-refractivity contribution < 1.29 is 23.8 Å². The van der Waals surface area contributed by atoms with Crippen molar-refractivity contribution in [3.05, 3.63) is 53.6 Å². The fourth-order valence-electron chi connectivity index (χ4n) is 1.75. The number of carbonyl (C=O) groups excluding carboxylic acids is 2. The molecule has 0 saturated carbocycles. The normalized spacial score (nSPS) is 9.81. The largest absolute Gasteiger partial charge is 0.493 e. The molecule has 0 aliphatic carbocycles. The number of rotatable bonds is 5. The highest BCUT2D eigenvalue weighted by Crippen LogP contribution is 2.32. The van der Waals surface area contributed by atoms with Gasteiger partial charge in [-0.15, -0.1) is 0 Å². The Kier molecular flexibility index (Phi) is 4.56. The van der Waals surface area contributed by atoms with Gasteiger partial charge in [-0.1, -0.05) is 0 Å². The number of benzene rings is 2. The molecule has 0 aliphatic heterocycles. The van der Waals surface area contributed by atoms with E-state index < -0.39 is 5.97 Å². The SMILES string of the molecule is COC(=O)c1ccc(Oc2ccc(C=O)cc2OC)cc1. The molecule has 0 fully saturated rings. The van der Waals surface area contributed by atoms with Gasteiger partial charge in [0.1, 0.15) is 12.0 Å². The second kappa shape index (κ2) is 6.56. The molecule has 0 N–H and O–H groups in total. The number of aldehydes is 1. The lowest BCUT2D eigenvalue weighted by atomic mass is 10.2. The summed E-state index contributed by atoms with van der Waals surface area (Å²) < 4.78 is 15.5. The topological polar surface area (TPSA) is 61.8 Å². The smallest absolute Gasteiger partial charge is 0.337 e. The van der Waals surface area contributed by atoms with Crippen molar-refractivity contribution in [3.8, 4) is 17.2 Å². The summed E-state index contributed by atoms with van der Waals surface area (Å²) in [7, 11) is 2.82.